The van der Waals surface area contributed by atoms with Crippen LogP contribution in [0.4, 0.5) is 13.2 Å². The molecule has 98 valence electrons. The molecule has 0 bridgehead atoms. The minimum Gasteiger partial charge on any atom is -0.305 e. The largest absolute Gasteiger partial charge is 0.305 e. The Morgan fingerprint density at radius 2 is 1.83 bits per heavy atom. The Morgan fingerprint density at radius 1 is 1.22 bits per heavy atom. The van der Waals surface area contributed by atoms with Gasteiger partial charge in [-0.1, -0.05) is 6.08 Å². The molecule has 7 heteroatoms. The van der Waals surface area contributed by atoms with E-state index in [0.29, 0.717) is 0 Å². The molecule has 1 N–H and O–H groups in total. The van der Waals surface area contributed by atoms with Gasteiger partial charge in [-0.25, -0.2) is 21.6 Å². The highest BCUT2D eigenvalue weighted by molar-refractivity contribution is 7.94. The van der Waals surface area contributed by atoms with Crippen molar-refractivity contribution in [1.82, 2.24) is 5.32 Å². The molecule has 18 heavy (non-hydrogen) atoms. The van der Waals surface area contributed by atoms with Crippen LogP contribution in [0, 0.1) is 17.5 Å². The van der Waals surface area contributed by atoms with Gasteiger partial charge in [-0.3, -0.25) is 0 Å². The quantitative estimate of drug-likeness (QED) is 0.852. The molecule has 0 fully saturated rings. The van der Waals surface area contributed by atoms with Gasteiger partial charge in [0, 0.05) is 18.0 Å². The maximum Gasteiger partial charge on any atom is 0.194 e. The SMILES string of the molecule is O=S1(=O)C=CC(NCc2cc(F)c(F)c(F)c2)C1. The monoisotopic (exact) mass is 277 g/mol. The highest BCUT2D eigenvalue weighted by Crippen LogP contribution is 2.14. The smallest absolute Gasteiger partial charge is 0.194 e. The first-order valence-corrected chi connectivity index (χ1v) is 6.87. The molecule has 1 unspecified atom stereocenters. The lowest BCUT2D eigenvalue weighted by Crippen LogP contribution is -2.29. The van der Waals surface area contributed by atoms with Crippen LogP contribution < -0.4 is 5.32 Å². The molecule has 0 spiro atoms. The van der Waals surface area contributed by atoms with E-state index >= 15 is 0 Å². The summed E-state index contributed by atoms with van der Waals surface area (Å²) in [7, 11) is -3.17. The Bertz CT molecular complexity index is 575. The fourth-order valence-electron chi connectivity index (χ4n) is 1.66. The highest BCUT2D eigenvalue weighted by atomic mass is 32.2. The molecule has 1 atom stereocenters. The lowest BCUT2D eigenvalue weighted by atomic mass is 10.2. The van der Waals surface area contributed by atoms with Gasteiger partial charge in [0.1, 0.15) is 0 Å². The fourth-order valence-corrected chi connectivity index (χ4v) is 2.93. The molecule has 1 aromatic carbocycles. The topological polar surface area (TPSA) is 46.2 Å². The first-order valence-electron chi connectivity index (χ1n) is 5.15. The van der Waals surface area contributed by atoms with E-state index in [1.807, 2.05) is 0 Å². The van der Waals surface area contributed by atoms with E-state index in [-0.39, 0.29) is 17.9 Å². The average molecular weight is 277 g/mol. The van der Waals surface area contributed by atoms with Crippen LogP contribution >= 0.6 is 0 Å². The predicted octanol–water partition coefficient (Wildman–Crippen LogP) is 1.50. The number of hydrogen-bond acceptors (Lipinski definition) is 3. The lowest BCUT2D eigenvalue weighted by Gasteiger charge is -2.10. The highest BCUT2D eigenvalue weighted by Gasteiger charge is 2.21. The number of rotatable bonds is 3. The first kappa shape index (κ1) is 13.1. The molecule has 1 heterocycles. The summed E-state index contributed by atoms with van der Waals surface area (Å²) in [5, 5.41) is 3.90. The van der Waals surface area contributed by atoms with E-state index < -0.39 is 33.3 Å². The maximum absolute atomic E-state index is 12.9. The van der Waals surface area contributed by atoms with E-state index in [2.05, 4.69) is 5.32 Å². The maximum atomic E-state index is 12.9. The van der Waals surface area contributed by atoms with Crippen LogP contribution in [-0.2, 0) is 16.4 Å². The van der Waals surface area contributed by atoms with Crippen molar-refractivity contribution in [3.05, 3.63) is 46.6 Å². The summed E-state index contributed by atoms with van der Waals surface area (Å²) in [6.45, 7) is 0.0542. The summed E-state index contributed by atoms with van der Waals surface area (Å²) in [4.78, 5) is 0. The number of benzene rings is 1. The van der Waals surface area contributed by atoms with Gasteiger partial charge in [-0.15, -0.1) is 0 Å². The van der Waals surface area contributed by atoms with Crippen molar-refractivity contribution in [2.75, 3.05) is 5.75 Å². The lowest BCUT2D eigenvalue weighted by molar-refractivity contribution is 0.444. The van der Waals surface area contributed by atoms with Crippen LogP contribution in [-0.4, -0.2) is 20.2 Å². The molecule has 2 rings (SSSR count). The number of halogens is 3. The number of hydrogen-bond donors (Lipinski definition) is 1. The minimum absolute atomic E-state index is 0.0542. The van der Waals surface area contributed by atoms with E-state index in [1.165, 1.54) is 6.08 Å². The van der Waals surface area contributed by atoms with Crippen molar-refractivity contribution in [1.29, 1.82) is 0 Å². The third-order valence-electron chi connectivity index (χ3n) is 2.54. The molecule has 0 aromatic heterocycles. The van der Waals surface area contributed by atoms with Crippen LogP contribution in [0.1, 0.15) is 5.56 Å². The van der Waals surface area contributed by atoms with E-state index in [0.717, 1.165) is 17.5 Å². The molecule has 1 aliphatic rings. The molecule has 1 aliphatic heterocycles. The summed E-state index contributed by atoms with van der Waals surface area (Å²) < 4.78 is 60.7. The number of sulfone groups is 1. The molecule has 0 saturated heterocycles. The van der Waals surface area contributed by atoms with Crippen molar-refractivity contribution in [3.63, 3.8) is 0 Å². The molecule has 0 saturated carbocycles. The normalized spacial score (nSPS) is 21.4. The Hall–Kier alpha value is -1.34. The Morgan fingerprint density at radius 3 is 2.33 bits per heavy atom. The van der Waals surface area contributed by atoms with Crippen molar-refractivity contribution >= 4 is 9.84 Å². The van der Waals surface area contributed by atoms with E-state index in [4.69, 9.17) is 0 Å². The molecule has 0 aliphatic carbocycles. The molecule has 1 aromatic rings. The summed E-state index contributed by atoms with van der Waals surface area (Å²) in [6, 6.07) is 1.35. The van der Waals surface area contributed by atoms with Gasteiger partial charge < -0.3 is 5.32 Å². The minimum atomic E-state index is -3.17. The summed E-state index contributed by atoms with van der Waals surface area (Å²) in [5.74, 6) is -4.12. The van der Waals surface area contributed by atoms with Crippen LogP contribution in [0.5, 0.6) is 0 Å². The second-order valence-electron chi connectivity index (χ2n) is 4.02. The fraction of sp³-hybridized carbons (Fsp3) is 0.273. The van der Waals surface area contributed by atoms with Crippen LogP contribution in [0.3, 0.4) is 0 Å². The number of nitrogens with one attached hydrogen (secondary N) is 1. The Kier molecular flexibility index (Phi) is 3.45. The standard InChI is InChI=1S/C11H10F3NO2S/c12-9-3-7(4-10(13)11(9)14)5-15-8-1-2-18(16,17)6-8/h1-4,8,15H,5-6H2. The first-order chi connectivity index (χ1) is 8.37. The van der Waals surface area contributed by atoms with Gasteiger partial charge in [0.05, 0.1) is 5.75 Å². The van der Waals surface area contributed by atoms with Crippen molar-refractivity contribution in [2.45, 2.75) is 12.6 Å². The third-order valence-corrected chi connectivity index (χ3v) is 3.94. The predicted molar refractivity (Wildman–Crippen MR) is 59.9 cm³/mol. The van der Waals surface area contributed by atoms with Gasteiger partial charge in [-0.05, 0) is 17.7 Å². The van der Waals surface area contributed by atoms with Gasteiger partial charge in [0.25, 0.3) is 0 Å². The summed E-state index contributed by atoms with van der Waals surface area (Å²) in [6.07, 6.45) is 1.46. The van der Waals surface area contributed by atoms with Crippen molar-refractivity contribution in [3.8, 4) is 0 Å². The zero-order valence-corrected chi connectivity index (χ0v) is 9.98. The van der Waals surface area contributed by atoms with Crippen molar-refractivity contribution in [2.24, 2.45) is 0 Å². The zero-order valence-electron chi connectivity index (χ0n) is 9.16. The zero-order chi connectivity index (χ0) is 13.3. The van der Waals surface area contributed by atoms with Crippen molar-refractivity contribution < 1.29 is 21.6 Å². The third kappa shape index (κ3) is 2.91. The van der Waals surface area contributed by atoms with Crippen LogP contribution in [0.2, 0.25) is 0 Å². The Labute approximate surface area is 102 Å². The van der Waals surface area contributed by atoms with Gasteiger partial charge in [0.15, 0.2) is 27.3 Å². The Balaban J connectivity index is 2.02. The van der Waals surface area contributed by atoms with E-state index in [9.17, 15) is 21.6 Å². The van der Waals surface area contributed by atoms with Crippen LogP contribution in [0.15, 0.2) is 23.6 Å². The molecule has 0 amide bonds. The molecular weight excluding hydrogens is 267 g/mol. The summed E-state index contributed by atoms with van der Waals surface area (Å²) in [5.41, 5.74) is 0.212. The van der Waals surface area contributed by atoms with Gasteiger partial charge >= 0.3 is 0 Å². The summed E-state index contributed by atoms with van der Waals surface area (Å²) >= 11 is 0. The second-order valence-corrected chi connectivity index (χ2v) is 5.95. The molecular formula is C11H10F3NO2S. The van der Waals surface area contributed by atoms with Gasteiger partial charge in [0.2, 0.25) is 0 Å². The molecule has 0 radical (unpaired) electrons. The van der Waals surface area contributed by atoms with Crippen LogP contribution in [0.25, 0.3) is 0 Å². The van der Waals surface area contributed by atoms with E-state index in [1.54, 1.807) is 0 Å². The van der Waals surface area contributed by atoms with Gasteiger partial charge in [-0.2, -0.15) is 0 Å². The molecule has 3 nitrogen and oxygen atoms in total. The second kappa shape index (κ2) is 4.74. The average Bonchev–Trinajstić information content (AvgIpc) is 2.63.